The lowest BCUT2D eigenvalue weighted by atomic mass is 10.1. The second-order valence-electron chi connectivity index (χ2n) is 5.62. The molecule has 1 aliphatic rings. The number of nitrogens with zero attached hydrogens (tertiary/aromatic N) is 1. The number of rotatable bonds is 6. The van der Waals surface area contributed by atoms with Crippen molar-refractivity contribution in [3.05, 3.63) is 29.8 Å². The predicted molar refractivity (Wildman–Crippen MR) is 89.8 cm³/mol. The van der Waals surface area contributed by atoms with Gasteiger partial charge in [0.15, 0.2) is 0 Å². The van der Waals surface area contributed by atoms with E-state index in [-0.39, 0.29) is 18.0 Å². The maximum atomic E-state index is 12.1. The fraction of sp³-hybridized carbons (Fsp3) is 0.529. The second kappa shape index (κ2) is 9.12. The Labute approximate surface area is 142 Å². The van der Waals surface area contributed by atoms with Gasteiger partial charge in [-0.15, -0.1) is 0 Å². The van der Waals surface area contributed by atoms with E-state index in [1.54, 1.807) is 4.90 Å². The maximum absolute atomic E-state index is 12.1. The molecule has 1 saturated heterocycles. The summed E-state index contributed by atoms with van der Waals surface area (Å²) < 4.78 is 10.1. The van der Waals surface area contributed by atoms with Gasteiger partial charge in [-0.25, -0.2) is 4.79 Å². The highest BCUT2D eigenvalue weighted by Crippen LogP contribution is 2.12. The highest BCUT2D eigenvalue weighted by Gasteiger charge is 2.25. The van der Waals surface area contributed by atoms with Crippen molar-refractivity contribution in [2.24, 2.45) is 0 Å². The number of hydrogen-bond donors (Lipinski definition) is 2. The Kier molecular flexibility index (Phi) is 6.87. The minimum atomic E-state index is -0.351. The van der Waals surface area contributed by atoms with E-state index >= 15 is 0 Å². The number of benzene rings is 1. The number of hydrogen-bond acceptors (Lipinski definition) is 5. The molecule has 0 spiro atoms. The molecule has 24 heavy (non-hydrogen) atoms. The molecule has 0 saturated carbocycles. The fourth-order valence-corrected chi connectivity index (χ4v) is 2.62. The van der Waals surface area contributed by atoms with E-state index in [0.717, 1.165) is 11.3 Å². The molecular weight excluding hydrogens is 310 g/mol. The lowest BCUT2D eigenvalue weighted by Crippen LogP contribution is -2.53. The molecule has 7 nitrogen and oxygen atoms in total. The Morgan fingerprint density at radius 1 is 1.33 bits per heavy atom. The smallest absolute Gasteiger partial charge is 0.409 e. The quantitative estimate of drug-likeness (QED) is 0.815. The summed E-state index contributed by atoms with van der Waals surface area (Å²) in [7, 11) is 1.36. The molecule has 0 bridgehead atoms. The SMILES string of the molecule is CCOc1ccc(CNC(=O)CC2CN(C(=O)OC)CCN2)cc1. The first-order valence-electron chi connectivity index (χ1n) is 8.17. The minimum absolute atomic E-state index is 0.0481. The Morgan fingerprint density at radius 3 is 2.75 bits per heavy atom. The van der Waals surface area contributed by atoms with E-state index in [0.29, 0.717) is 39.2 Å². The highest BCUT2D eigenvalue weighted by atomic mass is 16.5. The van der Waals surface area contributed by atoms with Crippen molar-refractivity contribution in [3.63, 3.8) is 0 Å². The van der Waals surface area contributed by atoms with Crippen LogP contribution in [0.5, 0.6) is 5.75 Å². The third-order valence-electron chi connectivity index (χ3n) is 3.84. The van der Waals surface area contributed by atoms with Crippen LogP contribution >= 0.6 is 0 Å². The number of carbonyl (C=O) groups excluding carboxylic acids is 2. The molecule has 132 valence electrons. The number of carbonyl (C=O) groups is 2. The molecule has 7 heteroatoms. The van der Waals surface area contributed by atoms with Gasteiger partial charge < -0.3 is 25.0 Å². The van der Waals surface area contributed by atoms with Crippen LogP contribution in [0.3, 0.4) is 0 Å². The Balaban J connectivity index is 1.75. The van der Waals surface area contributed by atoms with Crippen molar-refractivity contribution < 1.29 is 19.1 Å². The summed E-state index contributed by atoms with van der Waals surface area (Å²) in [4.78, 5) is 25.2. The monoisotopic (exact) mass is 335 g/mol. The second-order valence-corrected chi connectivity index (χ2v) is 5.62. The van der Waals surface area contributed by atoms with Gasteiger partial charge in [-0.1, -0.05) is 12.1 Å². The first kappa shape index (κ1) is 18.1. The molecule has 0 aromatic heterocycles. The van der Waals surface area contributed by atoms with Crippen molar-refractivity contribution >= 4 is 12.0 Å². The number of piperazine rings is 1. The molecule has 1 aliphatic heterocycles. The molecule has 0 radical (unpaired) electrons. The van der Waals surface area contributed by atoms with E-state index in [1.165, 1.54) is 7.11 Å². The molecule has 1 heterocycles. The predicted octanol–water partition coefficient (Wildman–Crippen LogP) is 1.13. The first-order valence-corrected chi connectivity index (χ1v) is 8.17. The largest absolute Gasteiger partial charge is 0.494 e. The molecule has 1 fully saturated rings. The third kappa shape index (κ3) is 5.42. The van der Waals surface area contributed by atoms with Gasteiger partial charge in [0.25, 0.3) is 0 Å². The normalized spacial score (nSPS) is 17.2. The van der Waals surface area contributed by atoms with Crippen LogP contribution in [0.1, 0.15) is 18.9 Å². The van der Waals surface area contributed by atoms with Gasteiger partial charge in [0.05, 0.1) is 13.7 Å². The molecule has 0 aliphatic carbocycles. The maximum Gasteiger partial charge on any atom is 0.409 e. The van der Waals surface area contributed by atoms with Crippen LogP contribution in [0, 0.1) is 0 Å². The molecule has 1 aromatic rings. The topological polar surface area (TPSA) is 79.9 Å². The van der Waals surface area contributed by atoms with Crippen LogP contribution in [-0.4, -0.2) is 56.3 Å². The summed E-state index contributed by atoms with van der Waals surface area (Å²) in [5, 5.41) is 6.15. The first-order chi connectivity index (χ1) is 11.6. The van der Waals surface area contributed by atoms with Gasteiger partial charge in [0.1, 0.15) is 5.75 Å². The summed E-state index contributed by atoms with van der Waals surface area (Å²) in [6, 6.07) is 7.59. The standard InChI is InChI=1S/C17H25N3O4/c1-3-24-15-6-4-13(5-7-15)11-19-16(21)10-14-12-20(9-8-18-14)17(22)23-2/h4-7,14,18H,3,8-12H2,1-2H3,(H,19,21). The summed E-state index contributed by atoms with van der Waals surface area (Å²) in [6.07, 6.45) is -0.0267. The Hall–Kier alpha value is -2.28. The van der Waals surface area contributed by atoms with Crippen LogP contribution in [0.25, 0.3) is 0 Å². The molecule has 1 atom stereocenters. The van der Waals surface area contributed by atoms with E-state index < -0.39 is 0 Å². The third-order valence-corrected chi connectivity index (χ3v) is 3.84. The summed E-state index contributed by atoms with van der Waals surface area (Å²) in [6.45, 7) is 4.77. The molecule has 2 N–H and O–H groups in total. The minimum Gasteiger partial charge on any atom is -0.494 e. The lowest BCUT2D eigenvalue weighted by molar-refractivity contribution is -0.122. The summed E-state index contributed by atoms with van der Waals surface area (Å²) in [5.74, 6) is 0.773. The zero-order chi connectivity index (χ0) is 17.4. The molecule has 2 amide bonds. The lowest BCUT2D eigenvalue weighted by Gasteiger charge is -2.32. The number of nitrogens with one attached hydrogen (secondary N) is 2. The van der Waals surface area contributed by atoms with Gasteiger partial charge in [-0.2, -0.15) is 0 Å². The molecule has 1 unspecified atom stereocenters. The van der Waals surface area contributed by atoms with Crippen molar-refractivity contribution in [1.82, 2.24) is 15.5 Å². The van der Waals surface area contributed by atoms with Gasteiger partial charge in [0.2, 0.25) is 5.91 Å². The van der Waals surface area contributed by atoms with E-state index in [1.807, 2.05) is 31.2 Å². The van der Waals surface area contributed by atoms with E-state index in [9.17, 15) is 9.59 Å². The highest BCUT2D eigenvalue weighted by molar-refractivity contribution is 5.76. The zero-order valence-corrected chi connectivity index (χ0v) is 14.2. The van der Waals surface area contributed by atoms with Crippen molar-refractivity contribution in [3.8, 4) is 5.75 Å². The van der Waals surface area contributed by atoms with E-state index in [2.05, 4.69) is 10.6 Å². The van der Waals surface area contributed by atoms with Crippen LogP contribution < -0.4 is 15.4 Å². The summed E-state index contributed by atoms with van der Waals surface area (Å²) in [5.41, 5.74) is 1.01. The number of ether oxygens (including phenoxy) is 2. The van der Waals surface area contributed by atoms with Gasteiger partial charge in [0, 0.05) is 38.6 Å². The van der Waals surface area contributed by atoms with Crippen LogP contribution in [0.2, 0.25) is 0 Å². The Bertz CT molecular complexity index is 547. The van der Waals surface area contributed by atoms with Crippen LogP contribution in [0.15, 0.2) is 24.3 Å². The van der Waals surface area contributed by atoms with Crippen molar-refractivity contribution in [1.29, 1.82) is 0 Å². The molecule has 1 aromatic carbocycles. The zero-order valence-electron chi connectivity index (χ0n) is 14.2. The molecular formula is C17H25N3O4. The van der Waals surface area contributed by atoms with Gasteiger partial charge in [-0.3, -0.25) is 4.79 Å². The van der Waals surface area contributed by atoms with E-state index in [4.69, 9.17) is 9.47 Å². The average molecular weight is 335 g/mol. The van der Waals surface area contributed by atoms with Crippen molar-refractivity contribution in [2.75, 3.05) is 33.4 Å². The fourth-order valence-electron chi connectivity index (χ4n) is 2.62. The van der Waals surface area contributed by atoms with Crippen molar-refractivity contribution in [2.45, 2.75) is 25.9 Å². The summed E-state index contributed by atoms with van der Waals surface area (Å²) >= 11 is 0. The van der Waals surface area contributed by atoms with Gasteiger partial charge >= 0.3 is 6.09 Å². The number of amides is 2. The van der Waals surface area contributed by atoms with Crippen LogP contribution in [0.4, 0.5) is 4.79 Å². The van der Waals surface area contributed by atoms with Gasteiger partial charge in [-0.05, 0) is 24.6 Å². The average Bonchev–Trinajstić information content (AvgIpc) is 2.61. The number of methoxy groups -OCH3 is 1. The molecule has 2 rings (SSSR count). The van der Waals surface area contributed by atoms with Crippen LogP contribution in [-0.2, 0) is 16.1 Å². The Morgan fingerprint density at radius 2 is 2.08 bits per heavy atom.